The normalized spacial score (nSPS) is 19.1. The van der Waals surface area contributed by atoms with Crippen LogP contribution in [0.3, 0.4) is 0 Å². The van der Waals surface area contributed by atoms with Crippen molar-refractivity contribution in [3.8, 4) is 6.07 Å². The molecule has 0 aromatic heterocycles. The number of piperidine rings is 1. The molecule has 0 spiro atoms. The molecule has 2 fully saturated rings. The van der Waals surface area contributed by atoms with Gasteiger partial charge in [0, 0.05) is 37.3 Å². The van der Waals surface area contributed by atoms with Crippen LogP contribution in [-0.2, 0) is 6.54 Å². The second kappa shape index (κ2) is 11.6. The number of nitrogens with one attached hydrogen (secondary N) is 2. The molecule has 2 aliphatic rings. The first-order valence-corrected chi connectivity index (χ1v) is 10.2. The summed E-state index contributed by atoms with van der Waals surface area (Å²) < 4.78 is 14.1. The van der Waals surface area contributed by atoms with Gasteiger partial charge < -0.3 is 15.5 Å². The minimum atomic E-state index is -0.376. The Bertz CT molecular complexity index is 689. The summed E-state index contributed by atoms with van der Waals surface area (Å²) in [5.41, 5.74) is 0.835. The van der Waals surface area contributed by atoms with E-state index in [9.17, 15) is 4.39 Å². The van der Waals surface area contributed by atoms with Crippen LogP contribution in [0.15, 0.2) is 23.2 Å². The molecule has 7 heteroatoms. The predicted octanol–water partition coefficient (Wildman–Crippen LogP) is 3.78. The van der Waals surface area contributed by atoms with Crippen molar-refractivity contribution in [2.75, 3.05) is 19.6 Å². The minimum absolute atomic E-state index is 0. The first kappa shape index (κ1) is 22.9. The lowest BCUT2D eigenvalue weighted by molar-refractivity contribution is 0.150. The number of nitriles is 1. The van der Waals surface area contributed by atoms with Crippen LogP contribution in [0.2, 0.25) is 0 Å². The molecule has 1 aromatic carbocycles. The molecule has 28 heavy (non-hydrogen) atoms. The molecular formula is C21H31FIN5. The van der Waals surface area contributed by atoms with Crippen LogP contribution in [0.4, 0.5) is 4.39 Å². The van der Waals surface area contributed by atoms with Gasteiger partial charge in [-0.2, -0.15) is 5.26 Å². The maximum atomic E-state index is 14.1. The van der Waals surface area contributed by atoms with E-state index >= 15 is 0 Å². The Hall–Kier alpha value is -1.40. The number of guanidine groups is 1. The zero-order valence-corrected chi connectivity index (χ0v) is 18.9. The zero-order chi connectivity index (χ0) is 19.1. The van der Waals surface area contributed by atoms with Crippen molar-refractivity contribution in [3.05, 3.63) is 35.1 Å². The van der Waals surface area contributed by atoms with Gasteiger partial charge in [0.25, 0.3) is 0 Å². The minimum Gasteiger partial charge on any atom is -0.357 e. The fraction of sp³-hybridized carbons (Fsp3) is 0.619. The number of aliphatic imine (C=N–C) groups is 1. The number of rotatable bonds is 5. The molecule has 1 aliphatic heterocycles. The molecule has 3 rings (SSSR count). The number of benzene rings is 1. The van der Waals surface area contributed by atoms with Gasteiger partial charge >= 0.3 is 0 Å². The van der Waals surface area contributed by atoms with Crippen molar-refractivity contribution in [3.63, 3.8) is 0 Å². The van der Waals surface area contributed by atoms with E-state index in [2.05, 4.69) is 20.5 Å². The van der Waals surface area contributed by atoms with Crippen LogP contribution in [0.25, 0.3) is 0 Å². The molecule has 1 heterocycles. The Morgan fingerprint density at radius 3 is 2.57 bits per heavy atom. The fourth-order valence-electron chi connectivity index (χ4n) is 4.10. The molecule has 1 aliphatic carbocycles. The summed E-state index contributed by atoms with van der Waals surface area (Å²) in [6.07, 6.45) is 7.72. The number of hydrogen-bond donors (Lipinski definition) is 2. The number of likely N-dealkylation sites (tertiary alicyclic amines) is 1. The number of nitrogens with zero attached hydrogens (tertiary/aromatic N) is 3. The summed E-state index contributed by atoms with van der Waals surface area (Å²) in [5, 5.41) is 15.6. The van der Waals surface area contributed by atoms with Crippen molar-refractivity contribution in [2.45, 2.75) is 64.1 Å². The summed E-state index contributed by atoms with van der Waals surface area (Å²) >= 11 is 0. The van der Waals surface area contributed by atoms with Crippen LogP contribution in [-0.4, -0.2) is 42.6 Å². The van der Waals surface area contributed by atoms with Crippen LogP contribution in [0.5, 0.6) is 0 Å². The molecule has 2 N–H and O–H groups in total. The molecule has 0 radical (unpaired) electrons. The fourth-order valence-corrected chi connectivity index (χ4v) is 4.10. The van der Waals surface area contributed by atoms with Crippen LogP contribution in [0.1, 0.15) is 56.6 Å². The Morgan fingerprint density at radius 2 is 1.96 bits per heavy atom. The highest BCUT2D eigenvalue weighted by molar-refractivity contribution is 14.0. The van der Waals surface area contributed by atoms with Gasteiger partial charge in [0.15, 0.2) is 5.96 Å². The zero-order valence-electron chi connectivity index (χ0n) is 16.6. The van der Waals surface area contributed by atoms with Gasteiger partial charge in [0.2, 0.25) is 0 Å². The highest BCUT2D eigenvalue weighted by atomic mass is 127. The summed E-state index contributed by atoms with van der Waals surface area (Å²) in [7, 11) is 0. The summed E-state index contributed by atoms with van der Waals surface area (Å²) in [4.78, 5) is 7.20. The average Bonchev–Trinajstić information content (AvgIpc) is 3.22. The third-order valence-electron chi connectivity index (χ3n) is 5.65. The Balaban J connectivity index is 0.00000280. The van der Waals surface area contributed by atoms with E-state index in [0.29, 0.717) is 17.2 Å². The lowest BCUT2D eigenvalue weighted by Gasteiger charge is -2.36. The van der Waals surface area contributed by atoms with Gasteiger partial charge in [-0.05, 0) is 44.7 Å². The quantitative estimate of drug-likeness (QED) is 0.368. The molecule has 0 bridgehead atoms. The molecule has 1 saturated heterocycles. The monoisotopic (exact) mass is 499 g/mol. The van der Waals surface area contributed by atoms with Crippen LogP contribution in [0, 0.1) is 17.1 Å². The van der Waals surface area contributed by atoms with E-state index in [4.69, 9.17) is 5.26 Å². The molecule has 154 valence electrons. The third kappa shape index (κ3) is 6.31. The standard InChI is InChI=1S/C21H30FN5.HI/c1-2-24-21(25-15-17-8-7-16(14-23)13-20(17)22)26-18-9-11-27(12-10-18)19-5-3-4-6-19;/h7-8,13,18-19H,2-6,9-12,15H2,1H3,(H2,24,25,26);1H. The van der Waals surface area contributed by atoms with Crippen LogP contribution < -0.4 is 10.6 Å². The van der Waals surface area contributed by atoms with Gasteiger partial charge in [-0.15, -0.1) is 24.0 Å². The second-order valence-corrected chi connectivity index (χ2v) is 7.51. The highest BCUT2D eigenvalue weighted by Crippen LogP contribution is 2.26. The van der Waals surface area contributed by atoms with E-state index in [1.807, 2.05) is 13.0 Å². The molecule has 1 aromatic rings. The summed E-state index contributed by atoms with van der Waals surface area (Å²) in [6, 6.07) is 7.70. The SMILES string of the molecule is CCNC(=NCc1ccc(C#N)cc1F)NC1CCN(C2CCCC2)CC1.I. The highest BCUT2D eigenvalue weighted by Gasteiger charge is 2.27. The predicted molar refractivity (Wildman–Crippen MR) is 121 cm³/mol. The largest absolute Gasteiger partial charge is 0.357 e. The molecule has 0 amide bonds. The topological polar surface area (TPSA) is 63.5 Å². The smallest absolute Gasteiger partial charge is 0.191 e. The molecule has 1 saturated carbocycles. The molecule has 0 atom stereocenters. The van der Waals surface area contributed by atoms with Crippen molar-refractivity contribution in [1.82, 2.24) is 15.5 Å². The Labute approximate surface area is 184 Å². The van der Waals surface area contributed by atoms with E-state index in [1.54, 1.807) is 12.1 Å². The van der Waals surface area contributed by atoms with Crippen molar-refractivity contribution in [2.24, 2.45) is 4.99 Å². The maximum absolute atomic E-state index is 14.1. The van der Waals surface area contributed by atoms with Crippen molar-refractivity contribution < 1.29 is 4.39 Å². The Kier molecular flexibility index (Phi) is 9.45. The third-order valence-corrected chi connectivity index (χ3v) is 5.65. The van der Waals surface area contributed by atoms with Gasteiger partial charge in [-0.3, -0.25) is 0 Å². The van der Waals surface area contributed by atoms with E-state index in [0.717, 1.165) is 44.5 Å². The molecule has 5 nitrogen and oxygen atoms in total. The molecule has 0 unspecified atom stereocenters. The first-order valence-electron chi connectivity index (χ1n) is 10.2. The van der Waals surface area contributed by atoms with E-state index < -0.39 is 0 Å². The number of halogens is 2. The maximum Gasteiger partial charge on any atom is 0.191 e. The lowest BCUT2D eigenvalue weighted by Crippen LogP contribution is -2.50. The summed E-state index contributed by atoms with van der Waals surface area (Å²) in [5.74, 6) is 0.360. The lowest BCUT2D eigenvalue weighted by atomic mass is 10.0. The Morgan fingerprint density at radius 1 is 1.25 bits per heavy atom. The second-order valence-electron chi connectivity index (χ2n) is 7.51. The first-order chi connectivity index (χ1) is 13.2. The van der Waals surface area contributed by atoms with Crippen LogP contribution >= 0.6 is 24.0 Å². The van der Waals surface area contributed by atoms with Gasteiger partial charge in [0.05, 0.1) is 18.2 Å². The van der Waals surface area contributed by atoms with E-state index in [1.165, 1.54) is 31.7 Å². The van der Waals surface area contributed by atoms with Gasteiger partial charge in [-0.1, -0.05) is 18.9 Å². The van der Waals surface area contributed by atoms with Gasteiger partial charge in [-0.25, -0.2) is 9.38 Å². The molecular weight excluding hydrogens is 468 g/mol. The van der Waals surface area contributed by atoms with Gasteiger partial charge in [0.1, 0.15) is 5.82 Å². The van der Waals surface area contributed by atoms with Crippen molar-refractivity contribution in [1.29, 1.82) is 5.26 Å². The van der Waals surface area contributed by atoms with Crippen molar-refractivity contribution >= 4 is 29.9 Å². The number of hydrogen-bond acceptors (Lipinski definition) is 3. The summed E-state index contributed by atoms with van der Waals surface area (Å²) in [6.45, 7) is 5.34. The van der Waals surface area contributed by atoms with E-state index in [-0.39, 0.29) is 36.3 Å². The average molecular weight is 499 g/mol.